The van der Waals surface area contributed by atoms with Crippen LogP contribution in [0.1, 0.15) is 35.2 Å². The highest BCUT2D eigenvalue weighted by atomic mass is 16.5. The predicted octanol–water partition coefficient (Wildman–Crippen LogP) is 2.44. The largest absolute Gasteiger partial charge is 0.486 e. The summed E-state index contributed by atoms with van der Waals surface area (Å²) in [6.07, 6.45) is 1.98. The summed E-state index contributed by atoms with van der Waals surface area (Å²) in [7, 11) is 0. The van der Waals surface area contributed by atoms with E-state index >= 15 is 0 Å². The maximum Gasteiger partial charge on any atom is 0.307 e. The van der Waals surface area contributed by atoms with Gasteiger partial charge < -0.3 is 9.84 Å². The third-order valence-corrected chi connectivity index (χ3v) is 5.17. The quantitative estimate of drug-likeness (QED) is 0.852. The van der Waals surface area contributed by atoms with E-state index in [1.165, 1.54) is 0 Å². The van der Waals surface area contributed by atoms with Crippen LogP contribution < -0.4 is 4.74 Å². The molecule has 0 amide bonds. The Morgan fingerprint density at radius 1 is 1.45 bits per heavy atom. The van der Waals surface area contributed by atoms with Crippen molar-refractivity contribution in [1.29, 1.82) is 0 Å². The summed E-state index contributed by atoms with van der Waals surface area (Å²) >= 11 is 0. The first-order valence-electron chi connectivity index (χ1n) is 7.07. The van der Waals surface area contributed by atoms with Crippen molar-refractivity contribution >= 4 is 11.8 Å². The molecule has 4 atom stereocenters. The second-order valence-electron chi connectivity index (χ2n) is 6.36. The summed E-state index contributed by atoms with van der Waals surface area (Å²) < 4.78 is 6.16. The molecule has 2 fully saturated rings. The second kappa shape index (κ2) is 3.62. The van der Waals surface area contributed by atoms with Gasteiger partial charge in [0.1, 0.15) is 11.4 Å². The van der Waals surface area contributed by atoms with Crippen LogP contribution in [0.15, 0.2) is 18.2 Å². The number of hydrogen-bond acceptors (Lipinski definition) is 3. The van der Waals surface area contributed by atoms with Crippen molar-refractivity contribution in [3.8, 4) is 5.75 Å². The van der Waals surface area contributed by atoms with Gasteiger partial charge in [-0.2, -0.15) is 0 Å². The molecule has 0 aromatic heterocycles. The zero-order valence-electron chi connectivity index (χ0n) is 11.3. The highest BCUT2D eigenvalue weighted by molar-refractivity contribution is 6.00. The van der Waals surface area contributed by atoms with E-state index in [9.17, 15) is 14.7 Å². The lowest BCUT2D eigenvalue weighted by Crippen LogP contribution is -2.43. The zero-order valence-corrected chi connectivity index (χ0v) is 11.3. The number of carboxylic acid groups (broad SMARTS) is 1. The topological polar surface area (TPSA) is 63.6 Å². The van der Waals surface area contributed by atoms with Crippen molar-refractivity contribution < 1.29 is 19.4 Å². The molecule has 2 aliphatic carbocycles. The Hall–Kier alpha value is -1.84. The van der Waals surface area contributed by atoms with E-state index in [-0.39, 0.29) is 23.5 Å². The van der Waals surface area contributed by atoms with Crippen LogP contribution in [0.3, 0.4) is 0 Å². The maximum atomic E-state index is 12.4. The molecule has 1 aromatic rings. The van der Waals surface area contributed by atoms with Crippen molar-refractivity contribution in [1.82, 2.24) is 0 Å². The molecule has 1 aliphatic heterocycles. The smallest absolute Gasteiger partial charge is 0.307 e. The summed E-state index contributed by atoms with van der Waals surface area (Å²) in [4.78, 5) is 23.6. The number of carboxylic acids is 1. The molecular weight excluding hydrogens is 256 g/mol. The number of aryl methyl sites for hydroxylation is 1. The van der Waals surface area contributed by atoms with Gasteiger partial charge >= 0.3 is 5.97 Å². The van der Waals surface area contributed by atoms with Gasteiger partial charge in [0.15, 0.2) is 5.78 Å². The number of carbonyl (C=O) groups is 2. The van der Waals surface area contributed by atoms with Crippen molar-refractivity contribution in [2.24, 2.45) is 17.8 Å². The fourth-order valence-corrected chi connectivity index (χ4v) is 4.26. The number of ether oxygens (including phenoxy) is 1. The zero-order chi connectivity index (χ0) is 14.1. The minimum absolute atomic E-state index is 0.0124. The van der Waals surface area contributed by atoms with E-state index in [0.29, 0.717) is 17.7 Å². The van der Waals surface area contributed by atoms with Crippen LogP contribution in [0.4, 0.5) is 0 Å². The highest BCUT2D eigenvalue weighted by Crippen LogP contribution is 2.65. The van der Waals surface area contributed by atoms with E-state index in [1.54, 1.807) is 0 Å². The second-order valence-corrected chi connectivity index (χ2v) is 6.36. The minimum Gasteiger partial charge on any atom is -0.486 e. The predicted molar refractivity (Wildman–Crippen MR) is 70.8 cm³/mol. The average molecular weight is 272 g/mol. The van der Waals surface area contributed by atoms with E-state index < -0.39 is 11.6 Å². The Balaban J connectivity index is 1.72. The Bertz CT molecular complexity index is 635. The Morgan fingerprint density at radius 2 is 2.25 bits per heavy atom. The first-order valence-corrected chi connectivity index (χ1v) is 7.07. The normalized spacial score (nSPS) is 37.2. The number of carbonyl (C=O) groups excluding carboxylic acids is 1. The van der Waals surface area contributed by atoms with Crippen LogP contribution in [0, 0.1) is 24.7 Å². The van der Waals surface area contributed by atoms with Crippen molar-refractivity contribution in [2.75, 3.05) is 0 Å². The summed E-state index contributed by atoms with van der Waals surface area (Å²) in [6.45, 7) is 1.95. The van der Waals surface area contributed by atoms with Crippen LogP contribution >= 0.6 is 0 Å². The molecule has 1 N–H and O–H groups in total. The number of ketones is 1. The van der Waals surface area contributed by atoms with E-state index in [0.717, 1.165) is 18.4 Å². The lowest BCUT2D eigenvalue weighted by molar-refractivity contribution is -0.140. The standard InChI is InChI=1S/C16H16O4/c1-8-2-3-12-10(6-8)11(17)7-16(20-12)5-4-9-13(14(9)16)15(18)19/h2-3,6,9,13-14H,4-5,7H2,1H3,(H,18,19). The third kappa shape index (κ3) is 1.42. The maximum absolute atomic E-state index is 12.4. The number of fused-ring (bicyclic) bond motifs is 3. The van der Waals surface area contributed by atoms with Crippen LogP contribution in [0.25, 0.3) is 0 Å². The summed E-state index contributed by atoms with van der Waals surface area (Å²) in [5.74, 6) is -0.130. The summed E-state index contributed by atoms with van der Waals surface area (Å²) in [5, 5.41) is 9.23. The molecule has 4 nitrogen and oxygen atoms in total. The van der Waals surface area contributed by atoms with E-state index in [2.05, 4.69) is 0 Å². The minimum atomic E-state index is -0.746. The van der Waals surface area contributed by atoms with Gasteiger partial charge in [0.25, 0.3) is 0 Å². The van der Waals surface area contributed by atoms with Gasteiger partial charge in [0.05, 0.1) is 17.9 Å². The first-order chi connectivity index (χ1) is 9.52. The van der Waals surface area contributed by atoms with Crippen LogP contribution in [-0.2, 0) is 4.79 Å². The van der Waals surface area contributed by atoms with Gasteiger partial charge in [-0.15, -0.1) is 0 Å². The molecule has 104 valence electrons. The van der Waals surface area contributed by atoms with Gasteiger partial charge in [-0.3, -0.25) is 9.59 Å². The molecule has 0 saturated heterocycles. The summed E-state index contributed by atoms with van der Waals surface area (Å²) in [6, 6.07) is 5.63. The van der Waals surface area contributed by atoms with Gasteiger partial charge in [0, 0.05) is 5.92 Å². The molecule has 1 spiro atoms. The molecule has 4 heteroatoms. The van der Waals surface area contributed by atoms with Gasteiger partial charge in [0.2, 0.25) is 0 Å². The molecule has 4 rings (SSSR count). The molecule has 3 aliphatic rings. The van der Waals surface area contributed by atoms with Crippen molar-refractivity contribution in [3.63, 3.8) is 0 Å². The molecule has 20 heavy (non-hydrogen) atoms. The van der Waals surface area contributed by atoms with Gasteiger partial charge in [-0.05, 0) is 37.8 Å². The lowest BCUT2D eigenvalue weighted by Gasteiger charge is -2.37. The fraction of sp³-hybridized carbons (Fsp3) is 0.500. The summed E-state index contributed by atoms with van der Waals surface area (Å²) in [5.41, 5.74) is 1.12. The number of benzene rings is 1. The van der Waals surface area contributed by atoms with Crippen molar-refractivity contribution in [2.45, 2.75) is 31.8 Å². The molecule has 4 unspecified atom stereocenters. The van der Waals surface area contributed by atoms with Crippen molar-refractivity contribution in [3.05, 3.63) is 29.3 Å². The molecule has 1 heterocycles. The monoisotopic (exact) mass is 272 g/mol. The van der Waals surface area contributed by atoms with Crippen LogP contribution in [0.2, 0.25) is 0 Å². The van der Waals surface area contributed by atoms with Gasteiger partial charge in [-0.1, -0.05) is 11.6 Å². The first kappa shape index (κ1) is 11.9. The van der Waals surface area contributed by atoms with Crippen LogP contribution in [0.5, 0.6) is 5.75 Å². The van der Waals surface area contributed by atoms with E-state index in [1.807, 2.05) is 25.1 Å². The van der Waals surface area contributed by atoms with E-state index in [4.69, 9.17) is 4.74 Å². The average Bonchev–Trinajstić information content (AvgIpc) is 3.05. The Morgan fingerprint density at radius 3 is 2.95 bits per heavy atom. The Kier molecular flexibility index (Phi) is 2.16. The third-order valence-electron chi connectivity index (χ3n) is 5.17. The SMILES string of the molecule is Cc1ccc2c(c1)C(=O)CC1(CCC3C(C(=O)O)C31)O2. The molecule has 2 saturated carbocycles. The molecular formula is C16H16O4. The Labute approximate surface area is 116 Å². The number of hydrogen-bond donors (Lipinski definition) is 1. The number of rotatable bonds is 1. The molecule has 0 bridgehead atoms. The molecule has 1 aromatic carbocycles. The number of aliphatic carboxylic acids is 1. The molecule has 0 radical (unpaired) electrons. The van der Waals surface area contributed by atoms with Crippen LogP contribution in [-0.4, -0.2) is 22.5 Å². The number of Topliss-reactive ketones (excluding diaryl/α,β-unsaturated/α-hetero) is 1. The lowest BCUT2D eigenvalue weighted by atomic mass is 9.84. The highest BCUT2D eigenvalue weighted by Gasteiger charge is 2.70. The fourth-order valence-electron chi connectivity index (χ4n) is 4.26. The van der Waals surface area contributed by atoms with Gasteiger partial charge in [-0.25, -0.2) is 0 Å².